The number of hydrogen-bond donors (Lipinski definition) is 1. The molecule has 0 radical (unpaired) electrons. The number of nitrogens with zero attached hydrogens (tertiary/aromatic N) is 1. The zero-order chi connectivity index (χ0) is 13.1. The van der Waals surface area contributed by atoms with Gasteiger partial charge in [-0.1, -0.05) is 46.5 Å². The summed E-state index contributed by atoms with van der Waals surface area (Å²) in [5.41, 5.74) is 0. The number of amides is 1. The van der Waals surface area contributed by atoms with Gasteiger partial charge in [0, 0.05) is 6.54 Å². The van der Waals surface area contributed by atoms with E-state index in [1.165, 1.54) is 19.3 Å². The molecule has 0 aromatic rings. The Labute approximate surface area is 111 Å². The van der Waals surface area contributed by atoms with Gasteiger partial charge in [0.2, 0.25) is 5.91 Å². The van der Waals surface area contributed by atoms with E-state index in [-0.39, 0.29) is 6.04 Å². The van der Waals surface area contributed by atoms with Crippen LogP contribution in [-0.4, -0.2) is 29.6 Å². The second kappa shape index (κ2) is 6.05. The fourth-order valence-corrected chi connectivity index (χ4v) is 2.85. The summed E-state index contributed by atoms with van der Waals surface area (Å²) in [6, 6.07) is 0.0609. The van der Waals surface area contributed by atoms with Crippen LogP contribution in [0.3, 0.4) is 0 Å². The van der Waals surface area contributed by atoms with Crippen molar-refractivity contribution in [3.63, 3.8) is 0 Å². The Hall–Kier alpha value is -0.570. The first-order valence-electron chi connectivity index (χ1n) is 7.73. The predicted molar refractivity (Wildman–Crippen MR) is 74.1 cm³/mol. The SMILES string of the molecule is CCCC1NC(C(C)CC)C(=O)N1CCC1CC1. The number of carbonyl (C=O) groups excluding carboxylic acids is 1. The van der Waals surface area contributed by atoms with E-state index in [4.69, 9.17) is 0 Å². The highest BCUT2D eigenvalue weighted by molar-refractivity contribution is 5.84. The van der Waals surface area contributed by atoms with Gasteiger partial charge in [-0.05, 0) is 24.7 Å². The quantitative estimate of drug-likeness (QED) is 0.755. The first-order chi connectivity index (χ1) is 8.67. The molecule has 1 aliphatic heterocycles. The monoisotopic (exact) mass is 252 g/mol. The topological polar surface area (TPSA) is 32.3 Å². The van der Waals surface area contributed by atoms with Crippen molar-refractivity contribution in [2.24, 2.45) is 11.8 Å². The van der Waals surface area contributed by atoms with Crippen LogP contribution in [0.15, 0.2) is 0 Å². The Morgan fingerprint density at radius 3 is 2.61 bits per heavy atom. The van der Waals surface area contributed by atoms with Crippen LogP contribution < -0.4 is 5.32 Å². The van der Waals surface area contributed by atoms with Crippen LogP contribution in [0, 0.1) is 11.8 Å². The fourth-order valence-electron chi connectivity index (χ4n) is 2.85. The molecule has 18 heavy (non-hydrogen) atoms. The lowest BCUT2D eigenvalue weighted by atomic mass is 9.99. The minimum absolute atomic E-state index is 0.0609. The fraction of sp³-hybridized carbons (Fsp3) is 0.933. The molecule has 0 bridgehead atoms. The van der Waals surface area contributed by atoms with Crippen molar-refractivity contribution in [2.75, 3.05) is 6.54 Å². The van der Waals surface area contributed by atoms with Crippen LogP contribution >= 0.6 is 0 Å². The first kappa shape index (κ1) is 13.9. The highest BCUT2D eigenvalue weighted by Gasteiger charge is 2.40. The molecule has 1 N–H and O–H groups in total. The van der Waals surface area contributed by atoms with Crippen LogP contribution in [0.1, 0.15) is 59.3 Å². The van der Waals surface area contributed by atoms with Crippen molar-refractivity contribution in [3.05, 3.63) is 0 Å². The Morgan fingerprint density at radius 1 is 1.33 bits per heavy atom. The molecule has 1 aliphatic carbocycles. The molecule has 3 heteroatoms. The molecule has 2 fully saturated rings. The van der Waals surface area contributed by atoms with Crippen LogP contribution in [0.2, 0.25) is 0 Å². The number of hydrogen-bond acceptors (Lipinski definition) is 2. The lowest BCUT2D eigenvalue weighted by Gasteiger charge is -2.23. The molecule has 2 aliphatic rings. The summed E-state index contributed by atoms with van der Waals surface area (Å²) >= 11 is 0. The predicted octanol–water partition coefficient (Wildman–Crippen LogP) is 2.76. The average molecular weight is 252 g/mol. The Kier molecular flexibility index (Phi) is 4.66. The van der Waals surface area contributed by atoms with Gasteiger partial charge in [0.25, 0.3) is 0 Å². The van der Waals surface area contributed by atoms with Crippen molar-refractivity contribution < 1.29 is 4.79 Å². The van der Waals surface area contributed by atoms with Crippen LogP contribution in [0.5, 0.6) is 0 Å². The summed E-state index contributed by atoms with van der Waals surface area (Å²) in [6.45, 7) is 7.51. The van der Waals surface area contributed by atoms with Gasteiger partial charge in [-0.2, -0.15) is 0 Å². The van der Waals surface area contributed by atoms with E-state index in [0.29, 0.717) is 18.0 Å². The molecular weight excluding hydrogens is 224 g/mol. The van der Waals surface area contributed by atoms with E-state index in [9.17, 15) is 4.79 Å². The zero-order valence-corrected chi connectivity index (χ0v) is 12.1. The van der Waals surface area contributed by atoms with Crippen molar-refractivity contribution in [3.8, 4) is 0 Å². The van der Waals surface area contributed by atoms with Gasteiger partial charge in [0.15, 0.2) is 0 Å². The molecule has 1 saturated carbocycles. The number of carbonyl (C=O) groups is 1. The first-order valence-corrected chi connectivity index (χ1v) is 7.73. The van der Waals surface area contributed by atoms with Gasteiger partial charge in [0.1, 0.15) is 0 Å². The van der Waals surface area contributed by atoms with Gasteiger partial charge in [-0.3, -0.25) is 10.1 Å². The summed E-state index contributed by atoms with van der Waals surface area (Å²) in [4.78, 5) is 14.6. The second-order valence-corrected chi connectivity index (χ2v) is 6.10. The van der Waals surface area contributed by atoms with E-state index in [1.807, 2.05) is 0 Å². The standard InChI is InChI=1S/C15H28N2O/c1-4-6-13-16-14(11(3)5-2)15(18)17(13)10-9-12-7-8-12/h11-14,16H,4-10H2,1-3H3. The maximum absolute atomic E-state index is 12.5. The molecule has 0 spiro atoms. The zero-order valence-electron chi connectivity index (χ0n) is 12.1. The Morgan fingerprint density at radius 2 is 2.06 bits per heavy atom. The van der Waals surface area contributed by atoms with E-state index < -0.39 is 0 Å². The molecule has 1 saturated heterocycles. The van der Waals surface area contributed by atoms with Gasteiger partial charge in [0.05, 0.1) is 12.2 Å². The van der Waals surface area contributed by atoms with Gasteiger partial charge < -0.3 is 4.90 Å². The van der Waals surface area contributed by atoms with Gasteiger partial charge in [-0.25, -0.2) is 0 Å². The maximum Gasteiger partial charge on any atom is 0.241 e. The minimum Gasteiger partial charge on any atom is -0.326 e. The molecular formula is C15H28N2O. The van der Waals surface area contributed by atoms with E-state index in [0.717, 1.165) is 31.7 Å². The van der Waals surface area contributed by atoms with Crippen molar-refractivity contribution >= 4 is 5.91 Å². The third-order valence-electron chi connectivity index (χ3n) is 4.55. The largest absolute Gasteiger partial charge is 0.326 e. The van der Waals surface area contributed by atoms with Crippen molar-refractivity contribution in [1.29, 1.82) is 0 Å². The molecule has 2 rings (SSSR count). The lowest BCUT2D eigenvalue weighted by Crippen LogP contribution is -2.38. The van der Waals surface area contributed by atoms with Gasteiger partial charge in [-0.15, -0.1) is 0 Å². The lowest BCUT2D eigenvalue weighted by molar-refractivity contribution is -0.131. The minimum atomic E-state index is 0.0609. The summed E-state index contributed by atoms with van der Waals surface area (Å²) in [6.07, 6.45) is 7.55. The van der Waals surface area contributed by atoms with Gasteiger partial charge >= 0.3 is 0 Å². The summed E-state index contributed by atoms with van der Waals surface area (Å²) in [5, 5.41) is 3.56. The molecule has 0 aromatic heterocycles. The number of nitrogens with one attached hydrogen (secondary N) is 1. The smallest absolute Gasteiger partial charge is 0.241 e. The highest BCUT2D eigenvalue weighted by atomic mass is 16.2. The number of rotatable bonds is 7. The molecule has 3 nitrogen and oxygen atoms in total. The van der Waals surface area contributed by atoms with E-state index in [1.54, 1.807) is 0 Å². The Balaban J connectivity index is 1.95. The highest BCUT2D eigenvalue weighted by Crippen LogP contribution is 2.33. The second-order valence-electron chi connectivity index (χ2n) is 6.10. The summed E-state index contributed by atoms with van der Waals surface area (Å²) in [7, 11) is 0. The molecule has 1 heterocycles. The summed E-state index contributed by atoms with van der Waals surface area (Å²) < 4.78 is 0. The van der Waals surface area contributed by atoms with Crippen molar-refractivity contribution in [2.45, 2.75) is 71.5 Å². The molecule has 3 atom stereocenters. The normalized spacial score (nSPS) is 29.9. The third kappa shape index (κ3) is 3.05. The van der Waals surface area contributed by atoms with Crippen molar-refractivity contribution in [1.82, 2.24) is 10.2 Å². The third-order valence-corrected chi connectivity index (χ3v) is 4.55. The molecule has 0 aromatic carbocycles. The van der Waals surface area contributed by atoms with Crippen LogP contribution in [0.4, 0.5) is 0 Å². The van der Waals surface area contributed by atoms with E-state index >= 15 is 0 Å². The van der Waals surface area contributed by atoms with E-state index in [2.05, 4.69) is 31.0 Å². The summed E-state index contributed by atoms with van der Waals surface area (Å²) in [5.74, 6) is 1.70. The van der Waals surface area contributed by atoms with Crippen LogP contribution in [-0.2, 0) is 4.79 Å². The molecule has 104 valence electrons. The molecule has 3 unspecified atom stereocenters. The van der Waals surface area contributed by atoms with Crippen LogP contribution in [0.25, 0.3) is 0 Å². The molecule has 1 amide bonds. The Bertz CT molecular complexity index is 288. The average Bonchev–Trinajstić information content (AvgIpc) is 3.14. The maximum atomic E-state index is 12.5.